The summed E-state index contributed by atoms with van der Waals surface area (Å²) in [4.78, 5) is 21.5. The number of carboxylic acid groups (broad SMARTS) is 1. The maximum atomic E-state index is 11.4. The van der Waals surface area contributed by atoms with Gasteiger partial charge in [0.25, 0.3) is 0 Å². The molecule has 0 rings (SSSR count). The molecule has 0 spiro atoms. The summed E-state index contributed by atoms with van der Waals surface area (Å²) in [6.07, 6.45) is 5.27. The van der Waals surface area contributed by atoms with Gasteiger partial charge in [0.1, 0.15) is 0 Å². The van der Waals surface area contributed by atoms with E-state index in [9.17, 15) is 9.59 Å². The Labute approximate surface area is 114 Å². The van der Waals surface area contributed by atoms with Gasteiger partial charge in [0.05, 0.1) is 0 Å². The highest BCUT2D eigenvalue weighted by molar-refractivity contribution is 7.80. The number of hydrogen-bond acceptors (Lipinski definition) is 3. The molecule has 0 saturated heterocycles. The molecule has 2 amide bonds. The molecule has 18 heavy (non-hydrogen) atoms. The van der Waals surface area contributed by atoms with Crippen molar-refractivity contribution in [1.82, 2.24) is 10.6 Å². The molecule has 0 aromatic heterocycles. The van der Waals surface area contributed by atoms with Gasteiger partial charge in [-0.1, -0.05) is 6.42 Å². The van der Waals surface area contributed by atoms with Crippen molar-refractivity contribution in [2.45, 2.75) is 44.9 Å². The van der Waals surface area contributed by atoms with E-state index >= 15 is 0 Å². The Hall–Kier alpha value is -0.910. The molecule has 0 aliphatic heterocycles. The van der Waals surface area contributed by atoms with Gasteiger partial charge in [0.2, 0.25) is 5.91 Å². The zero-order valence-corrected chi connectivity index (χ0v) is 11.7. The molecule has 0 saturated carbocycles. The quantitative estimate of drug-likeness (QED) is 0.344. The van der Waals surface area contributed by atoms with Crippen LogP contribution >= 0.6 is 12.6 Å². The van der Waals surface area contributed by atoms with E-state index < -0.39 is 6.09 Å². The van der Waals surface area contributed by atoms with Crippen LogP contribution in [0.1, 0.15) is 44.9 Å². The van der Waals surface area contributed by atoms with E-state index in [2.05, 4.69) is 23.3 Å². The number of nitrogens with one attached hydrogen (secondary N) is 2. The van der Waals surface area contributed by atoms with Crippen LogP contribution < -0.4 is 10.6 Å². The van der Waals surface area contributed by atoms with Crippen LogP contribution in [0.2, 0.25) is 0 Å². The molecule has 0 aromatic carbocycles. The molecule has 0 aromatic rings. The molecule has 0 radical (unpaired) electrons. The molecule has 0 heterocycles. The van der Waals surface area contributed by atoms with Crippen LogP contribution in [0.4, 0.5) is 4.79 Å². The summed E-state index contributed by atoms with van der Waals surface area (Å²) in [5.41, 5.74) is 0. The third-order valence-electron chi connectivity index (χ3n) is 2.51. The molecule has 0 bridgehead atoms. The van der Waals surface area contributed by atoms with Crippen LogP contribution in [-0.2, 0) is 4.79 Å². The number of rotatable bonds is 11. The summed E-state index contributed by atoms with van der Waals surface area (Å²) in [5, 5.41) is 13.5. The highest BCUT2D eigenvalue weighted by Gasteiger charge is 2.00. The van der Waals surface area contributed by atoms with Gasteiger partial charge < -0.3 is 15.7 Å². The Kier molecular flexibility index (Phi) is 11.9. The number of carbonyl (C=O) groups excluding carboxylic acids is 1. The van der Waals surface area contributed by atoms with Crippen molar-refractivity contribution in [3.05, 3.63) is 0 Å². The maximum absolute atomic E-state index is 11.4. The maximum Gasteiger partial charge on any atom is 0.404 e. The second-order valence-corrected chi connectivity index (χ2v) is 4.62. The van der Waals surface area contributed by atoms with Gasteiger partial charge in [0.15, 0.2) is 0 Å². The van der Waals surface area contributed by atoms with Crippen molar-refractivity contribution in [2.24, 2.45) is 0 Å². The van der Waals surface area contributed by atoms with Crippen molar-refractivity contribution in [2.75, 3.05) is 18.8 Å². The fourth-order valence-electron chi connectivity index (χ4n) is 1.51. The van der Waals surface area contributed by atoms with Gasteiger partial charge in [-0.15, -0.1) is 0 Å². The Balaban J connectivity index is 3.17. The third-order valence-corrected chi connectivity index (χ3v) is 2.83. The lowest BCUT2D eigenvalue weighted by Gasteiger charge is -2.05. The van der Waals surface area contributed by atoms with Gasteiger partial charge in [-0.2, -0.15) is 12.6 Å². The number of hydrogen-bond donors (Lipinski definition) is 4. The summed E-state index contributed by atoms with van der Waals surface area (Å²) >= 11 is 4.11. The molecule has 5 nitrogen and oxygen atoms in total. The molecule has 3 N–H and O–H groups in total. The van der Waals surface area contributed by atoms with Crippen LogP contribution in [0.15, 0.2) is 0 Å². The Morgan fingerprint density at radius 1 is 0.889 bits per heavy atom. The van der Waals surface area contributed by atoms with E-state index in [0.29, 0.717) is 19.5 Å². The fourth-order valence-corrected chi connectivity index (χ4v) is 1.74. The summed E-state index contributed by atoms with van der Waals surface area (Å²) in [5.74, 6) is 0.990. The smallest absolute Gasteiger partial charge is 0.404 e. The van der Waals surface area contributed by atoms with E-state index in [4.69, 9.17) is 5.11 Å². The SMILES string of the molecule is O=C(O)NCCCCCNC(=O)CCCCCS. The van der Waals surface area contributed by atoms with E-state index in [-0.39, 0.29) is 5.91 Å². The van der Waals surface area contributed by atoms with Gasteiger partial charge in [-0.3, -0.25) is 4.79 Å². The first-order valence-corrected chi connectivity index (χ1v) is 7.14. The molecular weight excluding hydrogens is 252 g/mol. The molecule has 0 atom stereocenters. The van der Waals surface area contributed by atoms with E-state index in [0.717, 1.165) is 44.3 Å². The molecule has 0 aliphatic carbocycles. The average molecular weight is 276 g/mol. The number of carbonyl (C=O) groups is 2. The molecule has 6 heteroatoms. The molecule has 106 valence electrons. The van der Waals surface area contributed by atoms with Gasteiger partial charge in [0, 0.05) is 19.5 Å². The van der Waals surface area contributed by atoms with Crippen molar-refractivity contribution in [1.29, 1.82) is 0 Å². The van der Waals surface area contributed by atoms with Crippen LogP contribution in [0.5, 0.6) is 0 Å². The Morgan fingerprint density at radius 2 is 1.50 bits per heavy atom. The topological polar surface area (TPSA) is 78.4 Å². The highest BCUT2D eigenvalue weighted by atomic mass is 32.1. The van der Waals surface area contributed by atoms with E-state index in [1.807, 2.05) is 0 Å². The minimum Gasteiger partial charge on any atom is -0.465 e. The third kappa shape index (κ3) is 13.2. The predicted molar refractivity (Wildman–Crippen MR) is 75.2 cm³/mol. The van der Waals surface area contributed by atoms with Crippen LogP contribution in [-0.4, -0.2) is 35.9 Å². The molecule has 0 fully saturated rings. The van der Waals surface area contributed by atoms with Crippen LogP contribution in [0.3, 0.4) is 0 Å². The van der Waals surface area contributed by atoms with Gasteiger partial charge in [-0.25, -0.2) is 4.79 Å². The van der Waals surface area contributed by atoms with Gasteiger partial charge in [-0.05, 0) is 37.9 Å². The first-order chi connectivity index (χ1) is 8.66. The monoisotopic (exact) mass is 276 g/mol. The molecular formula is C12H24N2O3S. The lowest BCUT2D eigenvalue weighted by Crippen LogP contribution is -2.24. The van der Waals surface area contributed by atoms with Crippen molar-refractivity contribution < 1.29 is 14.7 Å². The fraction of sp³-hybridized carbons (Fsp3) is 0.833. The molecule has 0 aliphatic rings. The Morgan fingerprint density at radius 3 is 2.11 bits per heavy atom. The Bertz CT molecular complexity index is 237. The van der Waals surface area contributed by atoms with Gasteiger partial charge >= 0.3 is 6.09 Å². The number of unbranched alkanes of at least 4 members (excludes halogenated alkanes) is 4. The summed E-state index contributed by atoms with van der Waals surface area (Å²) in [6, 6.07) is 0. The number of amides is 2. The highest BCUT2D eigenvalue weighted by Crippen LogP contribution is 2.00. The number of thiol groups is 1. The second kappa shape index (κ2) is 12.5. The second-order valence-electron chi connectivity index (χ2n) is 4.18. The minimum absolute atomic E-state index is 0.109. The van der Waals surface area contributed by atoms with Crippen LogP contribution in [0.25, 0.3) is 0 Å². The van der Waals surface area contributed by atoms with Crippen molar-refractivity contribution in [3.63, 3.8) is 0 Å². The zero-order valence-electron chi connectivity index (χ0n) is 10.8. The normalized spacial score (nSPS) is 10.1. The predicted octanol–water partition coefficient (Wildman–Crippen LogP) is 2.03. The summed E-state index contributed by atoms with van der Waals surface area (Å²) < 4.78 is 0. The van der Waals surface area contributed by atoms with Crippen LogP contribution in [0, 0.1) is 0 Å². The first kappa shape index (κ1) is 17.1. The van der Waals surface area contributed by atoms with E-state index in [1.165, 1.54) is 0 Å². The summed E-state index contributed by atoms with van der Waals surface area (Å²) in [7, 11) is 0. The van der Waals surface area contributed by atoms with Crippen molar-refractivity contribution in [3.8, 4) is 0 Å². The standard InChI is InChI=1S/C12H24N2O3S/c15-11(7-3-1-6-10-18)13-8-4-2-5-9-14-12(16)17/h14,18H,1-10H2,(H,13,15)(H,16,17). The summed E-state index contributed by atoms with van der Waals surface area (Å²) in [6.45, 7) is 1.16. The molecule has 0 unspecified atom stereocenters. The average Bonchev–Trinajstić information content (AvgIpc) is 2.33. The lowest BCUT2D eigenvalue weighted by atomic mass is 10.2. The first-order valence-electron chi connectivity index (χ1n) is 6.51. The largest absolute Gasteiger partial charge is 0.465 e. The lowest BCUT2D eigenvalue weighted by molar-refractivity contribution is -0.121. The minimum atomic E-state index is -0.982. The van der Waals surface area contributed by atoms with Crippen molar-refractivity contribution >= 4 is 24.6 Å². The zero-order chi connectivity index (χ0) is 13.6. The van der Waals surface area contributed by atoms with E-state index in [1.54, 1.807) is 0 Å².